The Balaban J connectivity index is 2.23. The van der Waals surface area contributed by atoms with Crippen molar-refractivity contribution in [3.05, 3.63) is 35.6 Å². The predicted molar refractivity (Wildman–Crippen MR) is 85.0 cm³/mol. The van der Waals surface area contributed by atoms with E-state index in [9.17, 15) is 14.3 Å². The topological polar surface area (TPSA) is 40.5 Å². The van der Waals surface area contributed by atoms with Gasteiger partial charge in [0.05, 0.1) is 6.10 Å². The second-order valence-corrected chi connectivity index (χ2v) is 6.36. The Morgan fingerprint density at radius 3 is 2.32 bits per heavy atom. The number of hydrogen-bond donors (Lipinski definition) is 1. The Hall–Kier alpha value is -1.26. The minimum absolute atomic E-state index is 0.0131. The van der Waals surface area contributed by atoms with Gasteiger partial charge in [-0.05, 0) is 63.9 Å². The van der Waals surface area contributed by atoms with Crippen LogP contribution in [0.5, 0.6) is 0 Å². The summed E-state index contributed by atoms with van der Waals surface area (Å²) < 4.78 is 13.2. The first-order chi connectivity index (χ1) is 10.5. The number of likely N-dealkylation sites (tertiary alicyclic amines) is 1. The highest BCUT2D eigenvalue weighted by atomic mass is 19.1. The number of carbonyl (C=O) groups is 1. The fourth-order valence-corrected chi connectivity index (χ4v) is 3.35. The van der Waals surface area contributed by atoms with E-state index in [1.54, 1.807) is 19.1 Å². The first-order valence-electron chi connectivity index (χ1n) is 8.17. The third-order valence-corrected chi connectivity index (χ3v) is 4.67. The highest BCUT2D eigenvalue weighted by Gasteiger charge is 2.29. The SMILES string of the molecule is CC(=O)C(CC(c1ccc(F)cc1)N1CCCCC1)C(C)O. The van der Waals surface area contributed by atoms with Crippen LogP contribution in [0.25, 0.3) is 0 Å². The fraction of sp³-hybridized carbons (Fsp3) is 0.611. The Kier molecular flexibility index (Phi) is 6.09. The van der Waals surface area contributed by atoms with Gasteiger partial charge in [-0.25, -0.2) is 4.39 Å². The number of aliphatic hydroxyl groups is 1. The molecule has 1 fully saturated rings. The molecule has 3 nitrogen and oxygen atoms in total. The monoisotopic (exact) mass is 307 g/mol. The van der Waals surface area contributed by atoms with Crippen molar-refractivity contribution in [3.63, 3.8) is 0 Å². The van der Waals surface area contributed by atoms with Gasteiger partial charge in [0.25, 0.3) is 0 Å². The number of carbonyl (C=O) groups excluding carboxylic acids is 1. The molecule has 0 bridgehead atoms. The maximum atomic E-state index is 13.2. The molecule has 1 aliphatic heterocycles. The van der Waals surface area contributed by atoms with Crippen molar-refractivity contribution in [2.24, 2.45) is 5.92 Å². The van der Waals surface area contributed by atoms with Gasteiger partial charge in [-0.3, -0.25) is 9.69 Å². The number of piperidine rings is 1. The maximum Gasteiger partial charge on any atom is 0.135 e. The van der Waals surface area contributed by atoms with Crippen LogP contribution in [-0.2, 0) is 4.79 Å². The lowest BCUT2D eigenvalue weighted by Gasteiger charge is -2.37. The molecule has 0 amide bonds. The van der Waals surface area contributed by atoms with Crippen LogP contribution in [0, 0.1) is 11.7 Å². The quantitative estimate of drug-likeness (QED) is 0.876. The standard InChI is InChI=1S/C18H26FNO2/c1-13(21)17(14(2)22)12-18(20-10-4-3-5-11-20)15-6-8-16(19)9-7-15/h6-9,13,17-18,21H,3-5,10-12H2,1-2H3. The molecule has 3 unspecified atom stereocenters. The molecular formula is C18H26FNO2. The molecule has 122 valence electrons. The number of aliphatic hydroxyl groups excluding tert-OH is 1. The number of hydrogen-bond acceptors (Lipinski definition) is 3. The molecule has 0 spiro atoms. The number of nitrogens with zero attached hydrogens (tertiary/aromatic N) is 1. The molecule has 0 radical (unpaired) electrons. The van der Waals surface area contributed by atoms with Crippen molar-refractivity contribution in [3.8, 4) is 0 Å². The van der Waals surface area contributed by atoms with E-state index < -0.39 is 6.10 Å². The second kappa shape index (κ2) is 7.84. The van der Waals surface area contributed by atoms with E-state index in [4.69, 9.17) is 0 Å². The zero-order valence-corrected chi connectivity index (χ0v) is 13.5. The van der Waals surface area contributed by atoms with Gasteiger partial charge >= 0.3 is 0 Å². The molecule has 0 aliphatic carbocycles. The van der Waals surface area contributed by atoms with Crippen LogP contribution in [0.1, 0.15) is 51.1 Å². The number of ketones is 1. The van der Waals surface area contributed by atoms with E-state index in [1.165, 1.54) is 25.5 Å². The normalized spacial score (nSPS) is 20.4. The van der Waals surface area contributed by atoms with Crippen LogP contribution in [0.2, 0.25) is 0 Å². The van der Waals surface area contributed by atoms with Gasteiger partial charge in [0.15, 0.2) is 0 Å². The third kappa shape index (κ3) is 4.37. The molecule has 1 aromatic rings. The zero-order chi connectivity index (χ0) is 16.1. The summed E-state index contributed by atoms with van der Waals surface area (Å²) in [6, 6.07) is 6.60. The van der Waals surface area contributed by atoms with Crippen molar-refractivity contribution in [2.75, 3.05) is 13.1 Å². The summed E-state index contributed by atoms with van der Waals surface area (Å²) in [5, 5.41) is 9.92. The summed E-state index contributed by atoms with van der Waals surface area (Å²) in [7, 11) is 0. The Morgan fingerprint density at radius 1 is 1.23 bits per heavy atom. The number of Topliss-reactive ketones (excluding diaryl/α,β-unsaturated/α-hetero) is 1. The summed E-state index contributed by atoms with van der Waals surface area (Å²) in [6.07, 6.45) is 3.46. The van der Waals surface area contributed by atoms with E-state index in [-0.39, 0.29) is 23.6 Å². The molecule has 0 saturated carbocycles. The van der Waals surface area contributed by atoms with Crippen molar-refractivity contribution >= 4 is 5.78 Å². The molecule has 4 heteroatoms. The highest BCUT2D eigenvalue weighted by Crippen LogP contribution is 2.32. The van der Waals surface area contributed by atoms with Gasteiger partial charge in [0, 0.05) is 12.0 Å². The van der Waals surface area contributed by atoms with Crippen LogP contribution < -0.4 is 0 Å². The van der Waals surface area contributed by atoms with Crippen LogP contribution in [0.4, 0.5) is 4.39 Å². The lowest BCUT2D eigenvalue weighted by atomic mass is 9.87. The fourth-order valence-electron chi connectivity index (χ4n) is 3.35. The largest absolute Gasteiger partial charge is 0.393 e. The average Bonchev–Trinajstić information content (AvgIpc) is 2.49. The van der Waals surface area contributed by atoms with Crippen molar-refractivity contribution in [2.45, 2.75) is 51.7 Å². The summed E-state index contributed by atoms with van der Waals surface area (Å²) in [4.78, 5) is 14.2. The van der Waals surface area contributed by atoms with Crippen molar-refractivity contribution in [1.82, 2.24) is 4.90 Å². The van der Waals surface area contributed by atoms with E-state index in [1.807, 2.05) is 0 Å². The van der Waals surface area contributed by atoms with Gasteiger partial charge in [0.2, 0.25) is 0 Å². The molecule has 1 aliphatic rings. The van der Waals surface area contributed by atoms with Gasteiger partial charge < -0.3 is 5.11 Å². The molecular weight excluding hydrogens is 281 g/mol. The minimum Gasteiger partial charge on any atom is -0.393 e. The molecule has 22 heavy (non-hydrogen) atoms. The second-order valence-electron chi connectivity index (χ2n) is 6.36. The maximum absolute atomic E-state index is 13.2. The lowest BCUT2D eigenvalue weighted by Crippen LogP contribution is -2.37. The van der Waals surface area contributed by atoms with Crippen LogP contribution in [0.3, 0.4) is 0 Å². The molecule has 1 saturated heterocycles. The minimum atomic E-state index is -0.662. The summed E-state index contributed by atoms with van der Waals surface area (Å²) in [5.41, 5.74) is 1.02. The predicted octanol–water partition coefficient (Wildman–Crippen LogP) is 3.33. The molecule has 1 heterocycles. The lowest BCUT2D eigenvalue weighted by molar-refractivity contribution is -0.124. The van der Waals surface area contributed by atoms with Gasteiger partial charge in [-0.1, -0.05) is 18.6 Å². The average molecular weight is 307 g/mol. The van der Waals surface area contributed by atoms with E-state index >= 15 is 0 Å². The molecule has 0 aromatic heterocycles. The molecule has 1 aromatic carbocycles. The van der Waals surface area contributed by atoms with Crippen LogP contribution >= 0.6 is 0 Å². The zero-order valence-electron chi connectivity index (χ0n) is 13.5. The first-order valence-corrected chi connectivity index (χ1v) is 8.17. The summed E-state index contributed by atoms with van der Waals surface area (Å²) in [5.74, 6) is -0.615. The van der Waals surface area contributed by atoms with Crippen LogP contribution in [-0.4, -0.2) is 35.0 Å². The van der Waals surface area contributed by atoms with E-state index in [0.29, 0.717) is 6.42 Å². The van der Waals surface area contributed by atoms with Crippen molar-refractivity contribution < 1.29 is 14.3 Å². The molecule has 1 N–H and O–H groups in total. The number of halogens is 1. The van der Waals surface area contributed by atoms with Gasteiger partial charge in [-0.2, -0.15) is 0 Å². The van der Waals surface area contributed by atoms with Crippen molar-refractivity contribution in [1.29, 1.82) is 0 Å². The smallest absolute Gasteiger partial charge is 0.135 e. The number of rotatable bonds is 6. The third-order valence-electron chi connectivity index (χ3n) is 4.67. The number of benzene rings is 1. The molecule has 2 rings (SSSR count). The van der Waals surface area contributed by atoms with E-state index in [0.717, 1.165) is 31.5 Å². The highest BCUT2D eigenvalue weighted by molar-refractivity contribution is 5.78. The van der Waals surface area contributed by atoms with E-state index in [2.05, 4.69) is 4.90 Å². The van der Waals surface area contributed by atoms with Gasteiger partial charge in [0.1, 0.15) is 11.6 Å². The summed E-state index contributed by atoms with van der Waals surface area (Å²) >= 11 is 0. The van der Waals surface area contributed by atoms with Crippen LogP contribution in [0.15, 0.2) is 24.3 Å². The van der Waals surface area contributed by atoms with Gasteiger partial charge in [-0.15, -0.1) is 0 Å². The Bertz CT molecular complexity index is 480. The Labute approximate surface area is 132 Å². The Morgan fingerprint density at radius 2 is 1.82 bits per heavy atom. The molecule has 3 atom stereocenters. The summed E-state index contributed by atoms with van der Waals surface area (Å²) in [6.45, 7) is 5.19. The first kappa shape index (κ1) is 17.1.